The molecule has 0 heterocycles. The molecule has 0 bridgehead atoms. The molecule has 0 saturated heterocycles. The van der Waals surface area contributed by atoms with Crippen LogP contribution in [0.2, 0.25) is 0 Å². The maximum atomic E-state index is 11.9. The average Bonchev–Trinajstić information content (AvgIpc) is 2.80. The second-order valence-electron chi connectivity index (χ2n) is 9.58. The van der Waals surface area contributed by atoms with E-state index in [9.17, 15) is 10.2 Å². The van der Waals surface area contributed by atoms with Crippen molar-refractivity contribution in [2.45, 2.75) is 79.1 Å². The quantitative estimate of drug-likeness (QED) is 0.369. The van der Waals surface area contributed by atoms with Gasteiger partial charge in [0.05, 0.1) is 0 Å². The first kappa shape index (κ1) is 29.6. The number of para-hydroxylation sites is 3. The third kappa shape index (κ3) is 9.09. The fraction of sp³-hybridized carbons (Fsp3) is 0.400. The molecule has 4 heteroatoms. The van der Waals surface area contributed by atoms with Crippen molar-refractivity contribution in [3.8, 4) is 17.2 Å². The fourth-order valence-corrected chi connectivity index (χ4v) is 3.62. The van der Waals surface area contributed by atoms with Crippen LogP contribution in [0.1, 0.15) is 101 Å². The van der Waals surface area contributed by atoms with Crippen LogP contribution < -0.4 is 14.0 Å². The molecular formula is C30H39AlO3. The minimum atomic E-state index is 0.229. The van der Waals surface area contributed by atoms with Crippen LogP contribution in [0.3, 0.4) is 0 Å². The van der Waals surface area contributed by atoms with E-state index in [4.69, 9.17) is 3.79 Å². The second-order valence-corrected chi connectivity index (χ2v) is 9.82. The Morgan fingerprint density at radius 3 is 1.00 bits per heavy atom. The standard InChI is InChI=1S/2C12H18O.C6H6O.Al/c2*1-8(2)10-6-5-7-11(9(3)4)12(10)13;7-6-4-2-1-3-5-6;/h2*5-9,13H,1-4H3;1-5,7H;/q;;;+3/p-3. The Morgan fingerprint density at radius 1 is 0.500 bits per heavy atom. The van der Waals surface area contributed by atoms with Crippen molar-refractivity contribution in [1.82, 2.24) is 0 Å². The zero-order valence-electron chi connectivity index (χ0n) is 22.0. The number of hydrogen-bond donors (Lipinski definition) is 0. The summed E-state index contributed by atoms with van der Waals surface area (Å²) in [5.41, 5.74) is 3.75. The molecule has 3 nitrogen and oxygen atoms in total. The van der Waals surface area contributed by atoms with Gasteiger partial charge in [-0.3, -0.25) is 0 Å². The van der Waals surface area contributed by atoms with Crippen molar-refractivity contribution < 1.29 is 14.0 Å². The van der Waals surface area contributed by atoms with Crippen LogP contribution in [0.4, 0.5) is 0 Å². The van der Waals surface area contributed by atoms with Gasteiger partial charge < -0.3 is 10.2 Å². The molecule has 34 heavy (non-hydrogen) atoms. The topological polar surface area (TPSA) is 55.3 Å². The van der Waals surface area contributed by atoms with E-state index < -0.39 is 0 Å². The summed E-state index contributed by atoms with van der Waals surface area (Å²) in [6.45, 7) is 16.5. The van der Waals surface area contributed by atoms with Gasteiger partial charge in [-0.05, 0) is 23.7 Å². The van der Waals surface area contributed by atoms with Crippen LogP contribution in [0.5, 0.6) is 17.2 Å². The summed E-state index contributed by atoms with van der Waals surface area (Å²) in [7, 11) is 0. The van der Waals surface area contributed by atoms with E-state index in [1.165, 1.54) is 0 Å². The van der Waals surface area contributed by atoms with Crippen molar-refractivity contribution >= 4 is 16.6 Å². The monoisotopic (exact) mass is 474 g/mol. The Labute approximate surface area is 215 Å². The Hall–Kier alpha value is -2.41. The maximum absolute atomic E-state index is 11.9. The van der Waals surface area contributed by atoms with Gasteiger partial charge in [-0.25, -0.2) is 0 Å². The van der Waals surface area contributed by atoms with E-state index in [1.807, 2.05) is 66.7 Å². The van der Waals surface area contributed by atoms with Crippen LogP contribution >= 0.6 is 0 Å². The van der Waals surface area contributed by atoms with Crippen molar-refractivity contribution in [2.24, 2.45) is 0 Å². The molecule has 0 aromatic heterocycles. The summed E-state index contributed by atoms with van der Waals surface area (Å²) in [5, 5.41) is 23.7. The molecule has 0 spiro atoms. The van der Waals surface area contributed by atoms with Crippen LogP contribution in [0.15, 0.2) is 66.7 Å². The van der Waals surface area contributed by atoms with Crippen LogP contribution in [-0.2, 0) is 0 Å². The van der Waals surface area contributed by atoms with E-state index in [-0.39, 0.29) is 11.5 Å². The van der Waals surface area contributed by atoms with Crippen molar-refractivity contribution in [2.75, 3.05) is 0 Å². The van der Waals surface area contributed by atoms with E-state index in [2.05, 4.69) is 72.0 Å². The summed E-state index contributed by atoms with van der Waals surface area (Å²) in [4.78, 5) is 0. The normalized spacial score (nSPS) is 10.6. The van der Waals surface area contributed by atoms with Gasteiger partial charge in [-0.15, -0.1) is 11.5 Å². The third-order valence-electron chi connectivity index (χ3n) is 5.52. The van der Waals surface area contributed by atoms with E-state index in [0.29, 0.717) is 23.7 Å². The van der Waals surface area contributed by atoms with Gasteiger partial charge in [0.2, 0.25) is 0 Å². The average molecular weight is 475 g/mol. The predicted octanol–water partition coefficient (Wildman–Crippen LogP) is 7.16. The van der Waals surface area contributed by atoms with Crippen LogP contribution in [0, 0.1) is 0 Å². The minimum absolute atomic E-state index is 0.229. The van der Waals surface area contributed by atoms with E-state index in [0.717, 1.165) is 28.0 Å². The van der Waals surface area contributed by atoms with E-state index in [1.54, 1.807) is 0 Å². The number of benzene rings is 3. The SMILES string of the molecule is CC(C)c1cccc(C(C)C)c1[O-].CC(C)c1cccc(C(C)C)c1[O-].[Al+2][O]c1ccccc1. The van der Waals surface area contributed by atoms with Crippen molar-refractivity contribution in [1.29, 1.82) is 0 Å². The summed E-state index contributed by atoms with van der Waals surface area (Å²) in [5.74, 6) is 2.63. The Kier molecular flexibility index (Phi) is 12.9. The first-order valence-electron chi connectivity index (χ1n) is 12.0. The van der Waals surface area contributed by atoms with Gasteiger partial charge >= 0.3 is 56.5 Å². The summed E-state index contributed by atoms with van der Waals surface area (Å²) >= 11 is 2.19. The Balaban J connectivity index is 0.000000263. The van der Waals surface area contributed by atoms with Gasteiger partial charge in [-0.2, -0.15) is 0 Å². The molecule has 0 unspecified atom stereocenters. The molecule has 0 N–H and O–H groups in total. The van der Waals surface area contributed by atoms with Gasteiger partial charge in [-0.1, -0.05) is 114 Å². The second kappa shape index (κ2) is 14.8. The predicted molar refractivity (Wildman–Crippen MR) is 141 cm³/mol. The molecule has 3 aromatic rings. The molecule has 0 saturated carbocycles. The Morgan fingerprint density at radius 2 is 0.794 bits per heavy atom. The van der Waals surface area contributed by atoms with Crippen LogP contribution in [0.25, 0.3) is 0 Å². The fourth-order valence-electron chi connectivity index (χ4n) is 3.46. The first-order valence-corrected chi connectivity index (χ1v) is 12.5. The number of hydrogen-bond acceptors (Lipinski definition) is 3. The summed E-state index contributed by atoms with van der Waals surface area (Å²) in [6, 6.07) is 21.3. The van der Waals surface area contributed by atoms with Gasteiger partial charge in [0.25, 0.3) is 0 Å². The molecule has 0 radical (unpaired) electrons. The van der Waals surface area contributed by atoms with Gasteiger partial charge in [0.15, 0.2) is 0 Å². The molecule has 0 atom stereocenters. The molecular weight excluding hydrogens is 435 g/mol. The summed E-state index contributed by atoms with van der Waals surface area (Å²) in [6.07, 6.45) is 0. The molecule has 0 amide bonds. The molecule has 0 fully saturated rings. The van der Waals surface area contributed by atoms with Gasteiger partial charge in [0.1, 0.15) is 0 Å². The first-order chi connectivity index (χ1) is 16.0. The zero-order chi connectivity index (χ0) is 25.8. The third-order valence-corrected chi connectivity index (χ3v) is 5.79. The van der Waals surface area contributed by atoms with E-state index >= 15 is 0 Å². The summed E-state index contributed by atoms with van der Waals surface area (Å²) < 4.78 is 4.83. The molecule has 0 aliphatic heterocycles. The zero-order valence-corrected chi connectivity index (χ0v) is 23.1. The molecule has 180 valence electrons. The molecule has 0 aliphatic rings. The van der Waals surface area contributed by atoms with Gasteiger partial charge in [0, 0.05) is 0 Å². The molecule has 0 aliphatic carbocycles. The molecule has 3 aromatic carbocycles. The van der Waals surface area contributed by atoms with Crippen molar-refractivity contribution in [3.63, 3.8) is 0 Å². The van der Waals surface area contributed by atoms with Crippen LogP contribution in [-0.4, -0.2) is 16.6 Å². The van der Waals surface area contributed by atoms with Crippen molar-refractivity contribution in [3.05, 3.63) is 89.0 Å². The Bertz CT molecular complexity index is 866. The number of rotatable bonds is 5. The molecule has 3 rings (SSSR count).